The van der Waals surface area contributed by atoms with Crippen molar-refractivity contribution in [2.75, 3.05) is 6.61 Å². The van der Waals surface area contributed by atoms with Gasteiger partial charge in [-0.05, 0) is 31.2 Å². The van der Waals surface area contributed by atoms with Crippen molar-refractivity contribution in [2.24, 2.45) is 0 Å². The van der Waals surface area contributed by atoms with Gasteiger partial charge in [0.05, 0.1) is 6.61 Å². The van der Waals surface area contributed by atoms with Crippen LogP contribution in [0.4, 0.5) is 0 Å². The fourth-order valence-corrected chi connectivity index (χ4v) is 2.88. The summed E-state index contributed by atoms with van der Waals surface area (Å²) in [4.78, 5) is 12.5. The SMILES string of the molecule is CCOC(=O)C1=Cc2ccccc2OC12C=Cc1ccccc1O2. The van der Waals surface area contributed by atoms with Gasteiger partial charge < -0.3 is 14.2 Å². The van der Waals surface area contributed by atoms with Crippen LogP contribution in [-0.4, -0.2) is 18.4 Å². The van der Waals surface area contributed by atoms with Gasteiger partial charge in [0.2, 0.25) is 0 Å². The number of carbonyl (C=O) groups is 1. The standard InChI is InChI=1S/C20H16O4/c1-2-22-19(21)16-13-15-8-4-6-10-18(15)24-20(16)12-11-14-7-3-5-9-17(14)23-20/h3-13H,2H2,1H3. The molecule has 0 aliphatic carbocycles. The lowest BCUT2D eigenvalue weighted by atomic mass is 9.95. The van der Waals surface area contributed by atoms with Crippen LogP contribution in [0, 0.1) is 0 Å². The molecule has 24 heavy (non-hydrogen) atoms. The van der Waals surface area contributed by atoms with E-state index in [-0.39, 0.29) is 6.61 Å². The Kier molecular flexibility index (Phi) is 3.38. The number of benzene rings is 2. The summed E-state index contributed by atoms with van der Waals surface area (Å²) in [6.07, 6.45) is 5.43. The molecule has 2 heterocycles. The van der Waals surface area contributed by atoms with Crippen LogP contribution in [0.1, 0.15) is 18.1 Å². The molecule has 1 atom stereocenters. The van der Waals surface area contributed by atoms with E-state index in [0.717, 1.165) is 11.1 Å². The van der Waals surface area contributed by atoms with Gasteiger partial charge in [-0.2, -0.15) is 0 Å². The Balaban J connectivity index is 1.84. The van der Waals surface area contributed by atoms with Crippen molar-refractivity contribution in [3.8, 4) is 11.5 Å². The molecule has 120 valence electrons. The first-order valence-electron chi connectivity index (χ1n) is 7.86. The second-order valence-corrected chi connectivity index (χ2v) is 5.56. The van der Waals surface area contributed by atoms with Crippen LogP contribution < -0.4 is 9.47 Å². The van der Waals surface area contributed by atoms with Crippen molar-refractivity contribution in [1.82, 2.24) is 0 Å². The van der Waals surface area contributed by atoms with Crippen molar-refractivity contribution in [1.29, 1.82) is 0 Å². The number of ether oxygens (including phenoxy) is 3. The summed E-state index contributed by atoms with van der Waals surface area (Å²) in [5, 5.41) is 0. The zero-order chi connectivity index (χ0) is 16.6. The van der Waals surface area contributed by atoms with Gasteiger partial charge in [-0.15, -0.1) is 0 Å². The zero-order valence-electron chi connectivity index (χ0n) is 13.2. The minimum absolute atomic E-state index is 0.286. The molecule has 1 spiro atoms. The highest BCUT2D eigenvalue weighted by molar-refractivity contribution is 5.98. The van der Waals surface area contributed by atoms with E-state index in [1.165, 1.54) is 0 Å². The second-order valence-electron chi connectivity index (χ2n) is 5.56. The number of para-hydroxylation sites is 2. The van der Waals surface area contributed by atoms with Gasteiger partial charge in [0.25, 0.3) is 0 Å². The fourth-order valence-electron chi connectivity index (χ4n) is 2.88. The molecule has 0 aromatic heterocycles. The van der Waals surface area contributed by atoms with Crippen molar-refractivity contribution < 1.29 is 19.0 Å². The number of esters is 1. The lowest BCUT2D eigenvalue weighted by molar-refractivity contribution is -0.144. The summed E-state index contributed by atoms with van der Waals surface area (Å²) in [7, 11) is 0. The largest absolute Gasteiger partial charge is 0.462 e. The van der Waals surface area contributed by atoms with Crippen LogP contribution in [-0.2, 0) is 9.53 Å². The predicted octanol–water partition coefficient (Wildman–Crippen LogP) is 3.83. The van der Waals surface area contributed by atoms with E-state index < -0.39 is 11.8 Å². The smallest absolute Gasteiger partial charge is 0.342 e. The summed E-state index contributed by atoms with van der Waals surface area (Å²) >= 11 is 0. The molecule has 4 rings (SSSR count). The molecule has 4 nitrogen and oxygen atoms in total. The van der Waals surface area contributed by atoms with Gasteiger partial charge in [0.1, 0.15) is 17.1 Å². The Hall–Kier alpha value is -3.01. The fraction of sp³-hybridized carbons (Fsp3) is 0.150. The predicted molar refractivity (Wildman–Crippen MR) is 90.5 cm³/mol. The highest BCUT2D eigenvalue weighted by Gasteiger charge is 2.46. The second kappa shape index (κ2) is 5.57. The van der Waals surface area contributed by atoms with E-state index in [4.69, 9.17) is 14.2 Å². The lowest BCUT2D eigenvalue weighted by Gasteiger charge is -2.38. The summed E-state index contributed by atoms with van der Waals surface area (Å²) < 4.78 is 17.4. The quantitative estimate of drug-likeness (QED) is 0.789. The minimum Gasteiger partial charge on any atom is -0.462 e. The van der Waals surface area contributed by atoms with E-state index in [1.807, 2.05) is 54.6 Å². The topological polar surface area (TPSA) is 44.8 Å². The van der Waals surface area contributed by atoms with Crippen molar-refractivity contribution >= 4 is 18.1 Å². The van der Waals surface area contributed by atoms with Gasteiger partial charge >= 0.3 is 11.8 Å². The third-order valence-corrected chi connectivity index (χ3v) is 4.01. The summed E-state index contributed by atoms with van der Waals surface area (Å²) in [5.74, 6) is -0.435. The molecule has 2 aromatic carbocycles. The van der Waals surface area contributed by atoms with Crippen LogP contribution in [0.2, 0.25) is 0 Å². The van der Waals surface area contributed by atoms with Crippen molar-refractivity contribution in [3.63, 3.8) is 0 Å². The number of fused-ring (bicyclic) bond motifs is 2. The molecule has 0 radical (unpaired) electrons. The average Bonchev–Trinajstić information content (AvgIpc) is 2.61. The molecule has 0 saturated heterocycles. The molecular formula is C20H16O4. The number of hydrogen-bond donors (Lipinski definition) is 0. The maximum Gasteiger partial charge on any atom is 0.342 e. The maximum atomic E-state index is 12.5. The van der Waals surface area contributed by atoms with Gasteiger partial charge in [-0.3, -0.25) is 0 Å². The van der Waals surface area contributed by atoms with Gasteiger partial charge in [0.15, 0.2) is 0 Å². The Morgan fingerprint density at radius 1 is 1.00 bits per heavy atom. The van der Waals surface area contributed by atoms with Crippen LogP contribution in [0.15, 0.2) is 60.2 Å². The third-order valence-electron chi connectivity index (χ3n) is 4.01. The Labute approximate surface area is 140 Å². The van der Waals surface area contributed by atoms with Crippen molar-refractivity contribution in [3.05, 3.63) is 71.3 Å². The van der Waals surface area contributed by atoms with E-state index in [1.54, 1.807) is 19.1 Å². The first-order valence-corrected chi connectivity index (χ1v) is 7.86. The molecule has 0 saturated carbocycles. The summed E-state index contributed by atoms with van der Waals surface area (Å²) in [5.41, 5.74) is 2.09. The molecule has 0 N–H and O–H groups in total. The monoisotopic (exact) mass is 320 g/mol. The van der Waals surface area contributed by atoms with E-state index in [2.05, 4.69) is 0 Å². The Bertz CT molecular complexity index is 861. The first kappa shape index (κ1) is 14.6. The number of carbonyl (C=O) groups excluding carboxylic acids is 1. The zero-order valence-corrected chi connectivity index (χ0v) is 13.2. The van der Waals surface area contributed by atoms with Crippen LogP contribution in [0.25, 0.3) is 12.2 Å². The summed E-state index contributed by atoms with van der Waals surface area (Å²) in [6.45, 7) is 2.06. The molecule has 0 amide bonds. The highest BCUT2D eigenvalue weighted by Crippen LogP contribution is 2.42. The van der Waals surface area contributed by atoms with Crippen LogP contribution >= 0.6 is 0 Å². The van der Waals surface area contributed by atoms with Crippen LogP contribution in [0.5, 0.6) is 11.5 Å². The molecule has 2 aromatic rings. The van der Waals surface area contributed by atoms with E-state index >= 15 is 0 Å². The summed E-state index contributed by atoms with van der Waals surface area (Å²) in [6, 6.07) is 15.1. The average molecular weight is 320 g/mol. The first-order chi connectivity index (χ1) is 11.7. The molecule has 2 aliphatic heterocycles. The maximum absolute atomic E-state index is 12.5. The highest BCUT2D eigenvalue weighted by atomic mass is 16.7. The van der Waals surface area contributed by atoms with Gasteiger partial charge in [0, 0.05) is 17.2 Å². The Morgan fingerprint density at radius 3 is 2.33 bits per heavy atom. The molecular weight excluding hydrogens is 304 g/mol. The molecule has 0 bridgehead atoms. The molecule has 4 heteroatoms. The molecule has 0 fully saturated rings. The number of rotatable bonds is 2. The van der Waals surface area contributed by atoms with E-state index in [0.29, 0.717) is 17.1 Å². The van der Waals surface area contributed by atoms with Crippen molar-refractivity contribution in [2.45, 2.75) is 12.7 Å². The Morgan fingerprint density at radius 2 is 1.62 bits per heavy atom. The molecule has 2 aliphatic rings. The lowest BCUT2D eigenvalue weighted by Crippen LogP contribution is -2.48. The van der Waals surface area contributed by atoms with Gasteiger partial charge in [-0.1, -0.05) is 36.4 Å². The van der Waals surface area contributed by atoms with E-state index in [9.17, 15) is 4.79 Å². The normalized spacial score (nSPS) is 20.3. The third kappa shape index (κ3) is 2.27. The van der Waals surface area contributed by atoms with Gasteiger partial charge in [-0.25, -0.2) is 4.79 Å². The molecule has 1 unspecified atom stereocenters. The van der Waals surface area contributed by atoms with Crippen LogP contribution in [0.3, 0.4) is 0 Å². The minimum atomic E-state index is -1.31. The number of hydrogen-bond acceptors (Lipinski definition) is 4.